The lowest BCUT2D eigenvalue weighted by Gasteiger charge is -2.31. The average Bonchev–Trinajstić information content (AvgIpc) is 3.36. The van der Waals surface area contributed by atoms with Crippen LogP contribution in [0.25, 0.3) is 22.0 Å². The molecule has 0 unspecified atom stereocenters. The Hall–Kier alpha value is -2.79. The van der Waals surface area contributed by atoms with Gasteiger partial charge in [0.05, 0.1) is 17.4 Å². The number of sulfonamides is 1. The van der Waals surface area contributed by atoms with Crippen molar-refractivity contribution in [3.05, 3.63) is 53.7 Å². The number of aliphatic hydroxyl groups is 1. The first-order valence-corrected chi connectivity index (χ1v) is 15.2. The maximum absolute atomic E-state index is 13.0. The van der Waals surface area contributed by atoms with Gasteiger partial charge in [0.2, 0.25) is 10.0 Å². The number of hydrogen-bond donors (Lipinski definition) is 4. The van der Waals surface area contributed by atoms with E-state index in [-0.39, 0.29) is 17.8 Å². The Labute approximate surface area is 223 Å². The summed E-state index contributed by atoms with van der Waals surface area (Å²) in [4.78, 5) is 12.2. The van der Waals surface area contributed by atoms with Gasteiger partial charge in [-0.15, -0.1) is 0 Å². The average molecular weight is 540 g/mol. The summed E-state index contributed by atoms with van der Waals surface area (Å²) >= 11 is 0. The molecule has 0 radical (unpaired) electrons. The molecule has 1 amide bonds. The normalized spacial score (nSPS) is 21.6. The van der Waals surface area contributed by atoms with E-state index in [1.165, 1.54) is 0 Å². The molecule has 0 bridgehead atoms. The molecule has 10 heteroatoms. The highest BCUT2D eigenvalue weighted by Gasteiger charge is 2.30. The van der Waals surface area contributed by atoms with Gasteiger partial charge in [-0.05, 0) is 74.8 Å². The van der Waals surface area contributed by atoms with Gasteiger partial charge in [-0.1, -0.05) is 30.3 Å². The van der Waals surface area contributed by atoms with E-state index in [2.05, 4.69) is 15.5 Å². The highest BCUT2D eigenvalue weighted by molar-refractivity contribution is 7.89. The molecule has 204 valence electrons. The van der Waals surface area contributed by atoms with Crippen LogP contribution in [0.4, 0.5) is 0 Å². The highest BCUT2D eigenvalue weighted by Crippen LogP contribution is 2.36. The molecule has 2 fully saturated rings. The number of aromatic amines is 1. The lowest BCUT2D eigenvalue weighted by atomic mass is 9.90. The monoisotopic (exact) mass is 539 g/mol. The molecule has 1 saturated heterocycles. The van der Waals surface area contributed by atoms with Crippen LogP contribution < -0.4 is 11.1 Å². The standard InChI is InChI=1S/C28H37N5O4S/c29-28(35)25-18-21(19-5-2-1-3-6-19)17-24-26(31-32-27(24)25)20-11-14-33(15-12-20)38(36,37)16-4-13-30-22-7-9-23(34)10-8-22/h1-3,5-6,17-18,20,22-23,30,34H,4,7-16H2,(H2,29,35)(H,31,32). The zero-order valence-electron chi connectivity index (χ0n) is 21.6. The van der Waals surface area contributed by atoms with Gasteiger partial charge >= 0.3 is 0 Å². The topological polar surface area (TPSA) is 141 Å². The van der Waals surface area contributed by atoms with Crippen molar-refractivity contribution >= 4 is 26.8 Å². The first kappa shape index (κ1) is 26.8. The van der Waals surface area contributed by atoms with Crippen molar-refractivity contribution in [1.29, 1.82) is 0 Å². The Morgan fingerprint density at radius 1 is 1.05 bits per heavy atom. The number of carbonyl (C=O) groups is 1. The summed E-state index contributed by atoms with van der Waals surface area (Å²) in [5, 5.41) is 21.5. The lowest BCUT2D eigenvalue weighted by molar-refractivity contribution is 0.100. The minimum absolute atomic E-state index is 0.113. The Kier molecular flexibility index (Phi) is 8.13. The molecule has 1 saturated carbocycles. The third kappa shape index (κ3) is 5.93. The molecule has 5 N–H and O–H groups in total. The van der Waals surface area contributed by atoms with E-state index >= 15 is 0 Å². The molecule has 9 nitrogen and oxygen atoms in total. The van der Waals surface area contributed by atoms with Gasteiger partial charge in [-0.3, -0.25) is 9.89 Å². The second-order valence-electron chi connectivity index (χ2n) is 10.6. The minimum Gasteiger partial charge on any atom is -0.393 e. The summed E-state index contributed by atoms with van der Waals surface area (Å²) < 4.78 is 27.6. The van der Waals surface area contributed by atoms with Crippen molar-refractivity contribution < 1.29 is 18.3 Å². The van der Waals surface area contributed by atoms with E-state index in [4.69, 9.17) is 5.73 Å². The number of nitrogens with zero attached hydrogens (tertiary/aromatic N) is 2. The Morgan fingerprint density at radius 3 is 2.45 bits per heavy atom. The number of fused-ring (bicyclic) bond motifs is 1. The molecular weight excluding hydrogens is 502 g/mol. The molecule has 1 aromatic heterocycles. The van der Waals surface area contributed by atoms with Crippen molar-refractivity contribution in [2.24, 2.45) is 5.73 Å². The summed E-state index contributed by atoms with van der Waals surface area (Å²) in [6.45, 7) is 1.59. The van der Waals surface area contributed by atoms with Crippen molar-refractivity contribution in [2.45, 2.75) is 63.0 Å². The third-order valence-electron chi connectivity index (χ3n) is 8.03. The van der Waals surface area contributed by atoms with Crippen molar-refractivity contribution in [3.63, 3.8) is 0 Å². The van der Waals surface area contributed by atoms with Gasteiger partial charge in [0.1, 0.15) is 5.52 Å². The van der Waals surface area contributed by atoms with Crippen molar-refractivity contribution in [2.75, 3.05) is 25.4 Å². The highest BCUT2D eigenvalue weighted by atomic mass is 32.2. The second-order valence-corrected chi connectivity index (χ2v) is 12.7. The maximum atomic E-state index is 13.0. The first-order valence-electron chi connectivity index (χ1n) is 13.6. The number of nitrogens with two attached hydrogens (primary N) is 1. The van der Waals surface area contributed by atoms with Crippen LogP contribution in [-0.4, -0.2) is 71.5 Å². The number of nitrogens with one attached hydrogen (secondary N) is 2. The summed E-state index contributed by atoms with van der Waals surface area (Å²) in [7, 11) is -3.32. The smallest absolute Gasteiger partial charge is 0.251 e. The Bertz CT molecular complexity index is 1360. The minimum atomic E-state index is -3.32. The lowest BCUT2D eigenvalue weighted by Crippen LogP contribution is -2.40. The quantitative estimate of drug-likeness (QED) is 0.308. The fraction of sp³-hybridized carbons (Fsp3) is 0.500. The van der Waals surface area contributed by atoms with Crippen LogP contribution in [-0.2, 0) is 10.0 Å². The second kappa shape index (κ2) is 11.5. The number of piperidine rings is 1. The molecule has 0 atom stereocenters. The van der Waals surface area contributed by atoms with Crippen LogP contribution in [0.15, 0.2) is 42.5 Å². The van der Waals surface area contributed by atoms with Gasteiger partial charge in [-0.2, -0.15) is 5.10 Å². The van der Waals surface area contributed by atoms with E-state index in [0.717, 1.165) is 47.9 Å². The summed E-state index contributed by atoms with van der Waals surface area (Å²) in [6, 6.07) is 14.0. The molecule has 0 spiro atoms. The number of rotatable bonds is 9. The molecular formula is C28H37N5O4S. The number of carbonyl (C=O) groups excluding carboxylic acids is 1. The number of aliphatic hydroxyl groups excluding tert-OH is 1. The summed E-state index contributed by atoms with van der Waals surface area (Å²) in [5.41, 5.74) is 9.44. The molecule has 3 aromatic rings. The van der Waals surface area contributed by atoms with Gasteiger partial charge < -0.3 is 16.2 Å². The van der Waals surface area contributed by atoms with E-state index in [9.17, 15) is 18.3 Å². The first-order chi connectivity index (χ1) is 18.3. The third-order valence-corrected chi connectivity index (χ3v) is 9.98. The van der Waals surface area contributed by atoms with E-state index in [1.807, 2.05) is 36.4 Å². The van der Waals surface area contributed by atoms with Crippen LogP contribution >= 0.6 is 0 Å². The van der Waals surface area contributed by atoms with Crippen LogP contribution in [0.1, 0.15) is 66.9 Å². The van der Waals surface area contributed by atoms with Gasteiger partial charge in [0, 0.05) is 36.1 Å². The van der Waals surface area contributed by atoms with Crippen LogP contribution in [0.3, 0.4) is 0 Å². The number of primary amides is 1. The van der Waals surface area contributed by atoms with Crippen molar-refractivity contribution in [3.8, 4) is 11.1 Å². The predicted octanol–water partition coefficient (Wildman–Crippen LogP) is 3.12. The molecule has 2 aromatic carbocycles. The molecule has 1 aliphatic heterocycles. The zero-order valence-corrected chi connectivity index (χ0v) is 22.4. The van der Waals surface area contributed by atoms with Gasteiger partial charge in [-0.25, -0.2) is 12.7 Å². The van der Waals surface area contributed by atoms with Gasteiger partial charge in [0.15, 0.2) is 0 Å². The molecule has 2 aliphatic rings. The van der Waals surface area contributed by atoms with Gasteiger partial charge in [0.25, 0.3) is 5.91 Å². The number of hydrogen-bond acceptors (Lipinski definition) is 6. The van der Waals surface area contributed by atoms with Crippen LogP contribution in [0.5, 0.6) is 0 Å². The van der Waals surface area contributed by atoms with E-state index in [0.29, 0.717) is 56.0 Å². The predicted molar refractivity (Wildman–Crippen MR) is 148 cm³/mol. The Morgan fingerprint density at radius 2 is 1.76 bits per heavy atom. The zero-order chi connectivity index (χ0) is 26.7. The fourth-order valence-corrected chi connectivity index (χ4v) is 7.36. The molecule has 2 heterocycles. The van der Waals surface area contributed by atoms with Crippen molar-refractivity contribution in [1.82, 2.24) is 19.8 Å². The molecule has 38 heavy (non-hydrogen) atoms. The van der Waals surface area contributed by atoms with Crippen LogP contribution in [0, 0.1) is 0 Å². The van der Waals surface area contributed by atoms with E-state index < -0.39 is 15.9 Å². The largest absolute Gasteiger partial charge is 0.393 e. The SMILES string of the molecule is NC(=O)c1cc(-c2ccccc2)cc2c(C3CCN(S(=O)(=O)CCCNC4CCC(O)CC4)CC3)[nH]nc12. The summed E-state index contributed by atoms with van der Waals surface area (Å²) in [5.74, 6) is -0.279. The number of H-pyrrole nitrogens is 1. The fourth-order valence-electron chi connectivity index (χ4n) is 5.83. The number of amides is 1. The Balaban J connectivity index is 1.22. The maximum Gasteiger partial charge on any atom is 0.251 e. The number of benzene rings is 2. The molecule has 1 aliphatic carbocycles. The van der Waals surface area contributed by atoms with Crippen LogP contribution in [0.2, 0.25) is 0 Å². The number of aromatic nitrogens is 2. The van der Waals surface area contributed by atoms with E-state index in [1.54, 1.807) is 10.4 Å². The summed E-state index contributed by atoms with van der Waals surface area (Å²) in [6.07, 6.45) is 5.26. The molecule has 5 rings (SSSR count).